The lowest BCUT2D eigenvalue weighted by atomic mass is 10.3. The van der Waals surface area contributed by atoms with Crippen molar-refractivity contribution in [2.24, 2.45) is 5.73 Å². The van der Waals surface area contributed by atoms with Crippen LogP contribution in [-0.2, 0) is 11.3 Å². The van der Waals surface area contributed by atoms with Crippen LogP contribution < -0.4 is 5.73 Å². The van der Waals surface area contributed by atoms with Crippen molar-refractivity contribution in [2.45, 2.75) is 18.5 Å². The molecule has 0 unspecified atom stereocenters. The topological polar surface area (TPSA) is 53.1 Å². The van der Waals surface area contributed by atoms with Crippen molar-refractivity contribution in [3.8, 4) is 5.69 Å². The second kappa shape index (κ2) is 6.75. The molecule has 0 amide bonds. The number of thioether (sulfide) groups is 1. The third kappa shape index (κ3) is 3.18. The van der Waals surface area contributed by atoms with E-state index in [1.165, 1.54) is 0 Å². The summed E-state index contributed by atoms with van der Waals surface area (Å²) in [5, 5.41) is 5.72. The van der Waals surface area contributed by atoms with E-state index in [9.17, 15) is 0 Å². The summed E-state index contributed by atoms with van der Waals surface area (Å²) in [5.41, 5.74) is 9.02. The normalized spacial score (nSPS) is 10.9. The number of rotatable bonds is 6. The zero-order valence-electron chi connectivity index (χ0n) is 11.3. The van der Waals surface area contributed by atoms with Gasteiger partial charge in [0.05, 0.1) is 18.0 Å². The lowest BCUT2D eigenvalue weighted by Gasteiger charge is -2.08. The van der Waals surface area contributed by atoms with Gasteiger partial charge in [0.1, 0.15) is 5.03 Å². The van der Waals surface area contributed by atoms with Gasteiger partial charge < -0.3 is 10.5 Å². The highest BCUT2D eigenvalue weighted by Gasteiger charge is 2.15. The molecule has 19 heavy (non-hydrogen) atoms. The van der Waals surface area contributed by atoms with Crippen LogP contribution >= 0.6 is 11.8 Å². The molecule has 0 spiro atoms. The number of nitrogens with two attached hydrogens (primary N) is 1. The maximum Gasteiger partial charge on any atom is 0.105 e. The Labute approximate surface area is 117 Å². The first-order valence-corrected chi connectivity index (χ1v) is 7.22. The zero-order valence-corrected chi connectivity index (χ0v) is 12.1. The van der Waals surface area contributed by atoms with E-state index in [0.717, 1.165) is 27.7 Å². The van der Waals surface area contributed by atoms with Crippen molar-refractivity contribution in [3.05, 3.63) is 41.6 Å². The van der Waals surface area contributed by atoms with Crippen LogP contribution in [0.2, 0.25) is 0 Å². The minimum absolute atomic E-state index is 0.508. The van der Waals surface area contributed by atoms with Crippen LogP contribution in [0, 0.1) is 6.92 Å². The largest absolute Gasteiger partial charge is 0.384 e. The molecule has 0 saturated heterocycles. The molecule has 4 nitrogen and oxygen atoms in total. The molecule has 0 bridgehead atoms. The van der Waals surface area contributed by atoms with E-state index < -0.39 is 0 Å². The van der Waals surface area contributed by atoms with Gasteiger partial charge in [-0.3, -0.25) is 0 Å². The molecule has 102 valence electrons. The molecule has 0 radical (unpaired) electrons. The summed E-state index contributed by atoms with van der Waals surface area (Å²) >= 11 is 1.73. The second-order valence-electron chi connectivity index (χ2n) is 4.16. The Kier molecular flexibility index (Phi) is 5.01. The number of aryl methyl sites for hydroxylation is 1. The number of ether oxygens (including phenoxy) is 1. The van der Waals surface area contributed by atoms with E-state index >= 15 is 0 Å². The number of aromatic nitrogens is 2. The van der Waals surface area contributed by atoms with Gasteiger partial charge in [-0.1, -0.05) is 18.2 Å². The van der Waals surface area contributed by atoms with Gasteiger partial charge in [-0.2, -0.15) is 5.10 Å². The fourth-order valence-electron chi connectivity index (χ4n) is 1.89. The smallest absolute Gasteiger partial charge is 0.105 e. The first kappa shape index (κ1) is 14.1. The van der Waals surface area contributed by atoms with Gasteiger partial charge in [0.15, 0.2) is 0 Å². The van der Waals surface area contributed by atoms with Crippen molar-refractivity contribution in [1.82, 2.24) is 9.78 Å². The van der Waals surface area contributed by atoms with Gasteiger partial charge in [-0.25, -0.2) is 4.68 Å². The Hall–Kier alpha value is -1.30. The molecule has 1 aromatic heterocycles. The third-order valence-corrected chi connectivity index (χ3v) is 3.93. The molecule has 0 atom stereocenters. The molecule has 0 aliphatic heterocycles. The first-order valence-electron chi connectivity index (χ1n) is 6.23. The number of methoxy groups -OCH3 is 1. The van der Waals surface area contributed by atoms with E-state index in [4.69, 9.17) is 10.5 Å². The van der Waals surface area contributed by atoms with E-state index in [1.54, 1.807) is 18.9 Å². The summed E-state index contributed by atoms with van der Waals surface area (Å²) in [5.74, 6) is 0.890. The number of nitrogens with zero attached hydrogens (tertiary/aromatic N) is 2. The quantitative estimate of drug-likeness (QED) is 0.650. The molecule has 1 heterocycles. The maximum absolute atomic E-state index is 5.85. The Morgan fingerprint density at radius 2 is 2.05 bits per heavy atom. The predicted molar refractivity (Wildman–Crippen MR) is 78.8 cm³/mol. The van der Waals surface area contributed by atoms with Gasteiger partial charge in [-0.05, 0) is 19.1 Å². The van der Waals surface area contributed by atoms with Gasteiger partial charge in [-0.15, -0.1) is 11.8 Å². The number of hydrogen-bond acceptors (Lipinski definition) is 4. The fraction of sp³-hybridized carbons (Fsp3) is 0.357. The third-order valence-electron chi connectivity index (χ3n) is 2.87. The molecule has 0 aliphatic rings. The molecule has 0 aliphatic carbocycles. The molecular formula is C14H19N3OS. The van der Waals surface area contributed by atoms with Crippen LogP contribution in [0.3, 0.4) is 0 Å². The minimum atomic E-state index is 0.508. The van der Waals surface area contributed by atoms with Crippen molar-refractivity contribution >= 4 is 11.8 Å². The molecular weight excluding hydrogens is 258 g/mol. The molecule has 5 heteroatoms. The number of hydrogen-bond donors (Lipinski definition) is 1. The summed E-state index contributed by atoms with van der Waals surface area (Å²) in [7, 11) is 1.71. The molecule has 2 rings (SSSR count). The molecule has 2 aromatic rings. The Balaban J connectivity index is 2.37. The first-order chi connectivity index (χ1) is 9.27. The van der Waals surface area contributed by atoms with Gasteiger partial charge in [0.2, 0.25) is 0 Å². The van der Waals surface area contributed by atoms with Crippen LogP contribution in [-0.4, -0.2) is 29.3 Å². The lowest BCUT2D eigenvalue weighted by Crippen LogP contribution is -2.03. The highest BCUT2D eigenvalue weighted by molar-refractivity contribution is 7.99. The van der Waals surface area contributed by atoms with E-state index in [0.29, 0.717) is 13.2 Å². The predicted octanol–water partition coefficient (Wildman–Crippen LogP) is 2.38. The highest BCUT2D eigenvalue weighted by atomic mass is 32.2. The van der Waals surface area contributed by atoms with E-state index in [2.05, 4.69) is 5.10 Å². The van der Waals surface area contributed by atoms with Crippen molar-refractivity contribution < 1.29 is 4.74 Å². The minimum Gasteiger partial charge on any atom is -0.384 e. The average Bonchev–Trinajstić information content (AvgIpc) is 2.76. The maximum atomic E-state index is 5.85. The monoisotopic (exact) mass is 277 g/mol. The summed E-state index contributed by atoms with van der Waals surface area (Å²) in [6.45, 7) is 3.23. The SMILES string of the molecule is COCCSc1c(CN)c(C)nn1-c1ccccc1. The van der Waals surface area contributed by atoms with Gasteiger partial charge >= 0.3 is 0 Å². The summed E-state index contributed by atoms with van der Waals surface area (Å²) < 4.78 is 7.08. The summed E-state index contributed by atoms with van der Waals surface area (Å²) in [6.07, 6.45) is 0. The van der Waals surface area contributed by atoms with Gasteiger partial charge in [0.25, 0.3) is 0 Å². The fourth-order valence-corrected chi connectivity index (χ4v) is 3.00. The summed E-state index contributed by atoms with van der Waals surface area (Å²) in [6, 6.07) is 10.1. The van der Waals surface area contributed by atoms with Crippen LogP contribution in [0.4, 0.5) is 0 Å². The van der Waals surface area contributed by atoms with Crippen molar-refractivity contribution in [1.29, 1.82) is 0 Å². The highest BCUT2D eigenvalue weighted by Crippen LogP contribution is 2.27. The Morgan fingerprint density at radius 1 is 1.32 bits per heavy atom. The number of benzene rings is 1. The lowest BCUT2D eigenvalue weighted by molar-refractivity contribution is 0.218. The molecule has 0 fully saturated rings. The second-order valence-corrected chi connectivity index (χ2v) is 5.25. The van der Waals surface area contributed by atoms with Crippen LogP contribution in [0.5, 0.6) is 0 Å². The van der Waals surface area contributed by atoms with Crippen molar-refractivity contribution in [3.63, 3.8) is 0 Å². The van der Waals surface area contributed by atoms with Gasteiger partial charge in [0, 0.05) is 25.0 Å². The number of para-hydroxylation sites is 1. The zero-order chi connectivity index (χ0) is 13.7. The van der Waals surface area contributed by atoms with Crippen LogP contribution in [0.25, 0.3) is 5.69 Å². The molecule has 2 N–H and O–H groups in total. The standard InChI is InChI=1S/C14H19N3OS/c1-11-13(10-15)14(19-9-8-18-2)17(16-11)12-6-4-3-5-7-12/h3-7H,8-10,15H2,1-2H3. The summed E-state index contributed by atoms with van der Waals surface area (Å²) in [4.78, 5) is 0. The average molecular weight is 277 g/mol. The van der Waals surface area contributed by atoms with E-state index in [1.807, 2.05) is 41.9 Å². The molecule has 1 aromatic carbocycles. The Morgan fingerprint density at radius 3 is 2.68 bits per heavy atom. The molecule has 0 saturated carbocycles. The van der Waals surface area contributed by atoms with Crippen molar-refractivity contribution in [2.75, 3.05) is 19.5 Å². The van der Waals surface area contributed by atoms with E-state index in [-0.39, 0.29) is 0 Å². The Bertz CT molecular complexity index is 525. The van der Waals surface area contributed by atoms with Crippen LogP contribution in [0.15, 0.2) is 35.4 Å². The van der Waals surface area contributed by atoms with Crippen LogP contribution in [0.1, 0.15) is 11.3 Å².